The van der Waals surface area contributed by atoms with E-state index in [0.29, 0.717) is 12.2 Å². The molecule has 1 aromatic carbocycles. The minimum Gasteiger partial charge on any atom is -0.497 e. The monoisotopic (exact) mass is 247 g/mol. The highest BCUT2D eigenvalue weighted by molar-refractivity contribution is 5.81. The molecule has 0 radical (unpaired) electrons. The van der Waals surface area contributed by atoms with Gasteiger partial charge in [-0.25, -0.2) is 0 Å². The van der Waals surface area contributed by atoms with Gasteiger partial charge in [-0.05, 0) is 24.1 Å². The second-order valence-electron chi connectivity index (χ2n) is 5.02. The Morgan fingerprint density at radius 3 is 2.67 bits per heavy atom. The molecule has 1 unspecified atom stereocenters. The van der Waals surface area contributed by atoms with Crippen molar-refractivity contribution >= 4 is 5.78 Å². The summed E-state index contributed by atoms with van der Waals surface area (Å²) in [5.41, 5.74) is 1.32. The second kappa shape index (κ2) is 6.01. The molecule has 0 N–H and O–H groups in total. The van der Waals surface area contributed by atoms with Crippen LogP contribution >= 0.6 is 0 Å². The van der Waals surface area contributed by atoms with Gasteiger partial charge in [0.2, 0.25) is 0 Å². The molecule has 0 bridgehead atoms. The first-order valence-corrected chi connectivity index (χ1v) is 6.57. The van der Waals surface area contributed by atoms with Crippen molar-refractivity contribution in [3.05, 3.63) is 29.8 Å². The maximum atomic E-state index is 11.4. The lowest BCUT2D eigenvalue weighted by Crippen LogP contribution is -2.40. The molecule has 1 saturated heterocycles. The summed E-state index contributed by atoms with van der Waals surface area (Å²) in [6.07, 6.45) is 1.74. The normalized spacial score (nSPS) is 21.0. The fourth-order valence-corrected chi connectivity index (χ4v) is 2.38. The number of ether oxygens (including phenoxy) is 1. The Kier molecular flexibility index (Phi) is 4.37. The van der Waals surface area contributed by atoms with E-state index in [1.807, 2.05) is 19.1 Å². The Bertz CT molecular complexity index is 399. The summed E-state index contributed by atoms with van der Waals surface area (Å²) in [6.45, 7) is 4.89. The van der Waals surface area contributed by atoms with Gasteiger partial charge in [0.15, 0.2) is 0 Å². The first-order chi connectivity index (χ1) is 8.69. The molecule has 3 heteroatoms. The molecule has 0 aromatic heterocycles. The van der Waals surface area contributed by atoms with E-state index in [2.05, 4.69) is 17.0 Å². The maximum Gasteiger partial charge on any atom is 0.138 e. The highest BCUT2D eigenvalue weighted by atomic mass is 16.5. The van der Waals surface area contributed by atoms with Gasteiger partial charge in [-0.3, -0.25) is 4.79 Å². The number of methoxy groups -OCH3 is 1. The molecule has 0 aliphatic carbocycles. The molecule has 3 nitrogen and oxygen atoms in total. The first-order valence-electron chi connectivity index (χ1n) is 6.57. The van der Waals surface area contributed by atoms with E-state index in [0.717, 1.165) is 31.8 Å². The highest BCUT2D eigenvalue weighted by Crippen LogP contribution is 2.15. The third kappa shape index (κ3) is 3.33. The summed E-state index contributed by atoms with van der Waals surface area (Å²) in [5.74, 6) is 1.52. The molecule has 18 heavy (non-hydrogen) atoms. The van der Waals surface area contributed by atoms with Crippen molar-refractivity contribution in [2.75, 3.05) is 26.7 Å². The van der Waals surface area contributed by atoms with Crippen LogP contribution in [0.4, 0.5) is 0 Å². The molecule has 1 fully saturated rings. The van der Waals surface area contributed by atoms with Gasteiger partial charge in [0.1, 0.15) is 11.5 Å². The number of rotatable bonds is 4. The Morgan fingerprint density at radius 1 is 1.33 bits per heavy atom. The number of benzene rings is 1. The van der Waals surface area contributed by atoms with Crippen LogP contribution in [0.15, 0.2) is 24.3 Å². The maximum absolute atomic E-state index is 11.4. The largest absolute Gasteiger partial charge is 0.497 e. The Balaban J connectivity index is 1.82. The zero-order chi connectivity index (χ0) is 13.0. The molecule has 1 aromatic rings. The number of carbonyl (C=O) groups is 1. The van der Waals surface area contributed by atoms with Crippen molar-refractivity contribution in [3.63, 3.8) is 0 Å². The van der Waals surface area contributed by atoms with Crippen LogP contribution in [-0.2, 0) is 11.2 Å². The smallest absolute Gasteiger partial charge is 0.138 e. The standard InChI is InChI=1S/C15H21NO2/c1-12-11-16(10-8-15(12)17)9-7-13-3-5-14(18-2)6-4-13/h3-6,12H,7-11H2,1-2H3. The summed E-state index contributed by atoms with van der Waals surface area (Å²) in [6, 6.07) is 8.21. The topological polar surface area (TPSA) is 29.5 Å². The molecule has 1 heterocycles. The number of nitrogens with zero attached hydrogens (tertiary/aromatic N) is 1. The first kappa shape index (κ1) is 13.1. The summed E-state index contributed by atoms with van der Waals surface area (Å²) in [7, 11) is 1.68. The van der Waals surface area contributed by atoms with E-state index in [4.69, 9.17) is 4.74 Å². The van der Waals surface area contributed by atoms with Crippen molar-refractivity contribution in [2.45, 2.75) is 19.8 Å². The van der Waals surface area contributed by atoms with E-state index in [-0.39, 0.29) is 5.92 Å². The van der Waals surface area contributed by atoms with Crippen molar-refractivity contribution in [3.8, 4) is 5.75 Å². The molecular weight excluding hydrogens is 226 g/mol. The van der Waals surface area contributed by atoms with Gasteiger partial charge in [-0.2, -0.15) is 0 Å². The van der Waals surface area contributed by atoms with Crippen molar-refractivity contribution in [2.24, 2.45) is 5.92 Å². The summed E-state index contributed by atoms with van der Waals surface area (Å²) in [4.78, 5) is 13.8. The quantitative estimate of drug-likeness (QED) is 0.816. The third-order valence-corrected chi connectivity index (χ3v) is 3.63. The molecule has 0 spiro atoms. The number of hydrogen-bond acceptors (Lipinski definition) is 3. The van der Waals surface area contributed by atoms with Gasteiger partial charge in [0.05, 0.1) is 7.11 Å². The van der Waals surface area contributed by atoms with E-state index in [1.165, 1.54) is 5.56 Å². The van der Waals surface area contributed by atoms with E-state index >= 15 is 0 Å². The predicted molar refractivity (Wildman–Crippen MR) is 71.9 cm³/mol. The summed E-state index contributed by atoms with van der Waals surface area (Å²) < 4.78 is 5.14. The van der Waals surface area contributed by atoms with Crippen molar-refractivity contribution < 1.29 is 9.53 Å². The molecule has 2 rings (SSSR count). The van der Waals surface area contributed by atoms with Gasteiger partial charge < -0.3 is 9.64 Å². The third-order valence-electron chi connectivity index (χ3n) is 3.63. The van der Waals surface area contributed by atoms with E-state index in [9.17, 15) is 4.79 Å². The number of Topliss-reactive ketones (excluding diaryl/α,β-unsaturated/α-hetero) is 1. The van der Waals surface area contributed by atoms with Crippen LogP contribution in [0.1, 0.15) is 18.9 Å². The Hall–Kier alpha value is -1.35. The van der Waals surface area contributed by atoms with E-state index in [1.54, 1.807) is 7.11 Å². The highest BCUT2D eigenvalue weighted by Gasteiger charge is 2.22. The van der Waals surface area contributed by atoms with Gasteiger partial charge >= 0.3 is 0 Å². The zero-order valence-corrected chi connectivity index (χ0v) is 11.2. The Morgan fingerprint density at radius 2 is 2.06 bits per heavy atom. The summed E-state index contributed by atoms with van der Waals surface area (Å²) >= 11 is 0. The minimum absolute atomic E-state index is 0.203. The SMILES string of the molecule is COc1ccc(CCN2CCC(=O)C(C)C2)cc1. The van der Waals surface area contributed by atoms with Crippen LogP contribution in [0, 0.1) is 5.92 Å². The molecule has 0 saturated carbocycles. The number of carbonyl (C=O) groups excluding carboxylic acids is 1. The number of piperidine rings is 1. The molecule has 1 atom stereocenters. The average molecular weight is 247 g/mol. The average Bonchev–Trinajstić information content (AvgIpc) is 2.41. The van der Waals surface area contributed by atoms with Gasteiger partial charge in [0.25, 0.3) is 0 Å². The van der Waals surface area contributed by atoms with Gasteiger partial charge in [-0.15, -0.1) is 0 Å². The lowest BCUT2D eigenvalue weighted by atomic mass is 9.98. The molecule has 0 amide bonds. The minimum atomic E-state index is 0.203. The van der Waals surface area contributed by atoms with Crippen LogP contribution in [0.2, 0.25) is 0 Å². The van der Waals surface area contributed by atoms with Crippen molar-refractivity contribution in [1.82, 2.24) is 4.90 Å². The Labute approximate surface area is 109 Å². The van der Waals surface area contributed by atoms with Gasteiger partial charge in [-0.1, -0.05) is 19.1 Å². The fraction of sp³-hybridized carbons (Fsp3) is 0.533. The van der Waals surface area contributed by atoms with Crippen LogP contribution < -0.4 is 4.74 Å². The summed E-state index contributed by atoms with van der Waals surface area (Å²) in [5, 5.41) is 0. The molecule has 1 aliphatic rings. The molecule has 1 aliphatic heterocycles. The number of hydrogen-bond donors (Lipinski definition) is 0. The van der Waals surface area contributed by atoms with E-state index < -0.39 is 0 Å². The van der Waals surface area contributed by atoms with Crippen LogP contribution in [-0.4, -0.2) is 37.4 Å². The number of likely N-dealkylation sites (tertiary alicyclic amines) is 1. The van der Waals surface area contributed by atoms with Crippen molar-refractivity contribution in [1.29, 1.82) is 0 Å². The lowest BCUT2D eigenvalue weighted by molar-refractivity contribution is -0.125. The lowest BCUT2D eigenvalue weighted by Gasteiger charge is -2.29. The molecule has 98 valence electrons. The molecular formula is C15H21NO2. The zero-order valence-electron chi connectivity index (χ0n) is 11.2. The van der Waals surface area contributed by atoms with Crippen LogP contribution in [0.5, 0.6) is 5.75 Å². The van der Waals surface area contributed by atoms with Crippen LogP contribution in [0.25, 0.3) is 0 Å². The van der Waals surface area contributed by atoms with Crippen LogP contribution in [0.3, 0.4) is 0 Å². The predicted octanol–water partition coefficient (Wildman–Crippen LogP) is 2.15. The number of ketones is 1. The second-order valence-corrected chi connectivity index (χ2v) is 5.02. The van der Waals surface area contributed by atoms with Gasteiger partial charge in [0, 0.05) is 32.0 Å². The fourth-order valence-electron chi connectivity index (χ4n) is 2.38.